The number of nitrogens with one attached hydrogen (secondary N) is 2. The standard InChI is InChI=1S/C20H22BrN3O2/c21-18-5-1-16(2-6-18)14-24-11-9-17(10-12-24)20(26)23-22-13-15-3-7-19(25)8-4-15/h1-8,13,17,25H,9-12,14H2,(H,23,26)/p+1/b22-13+. The van der Waals surface area contributed by atoms with Crippen molar-refractivity contribution in [3.63, 3.8) is 0 Å². The van der Waals surface area contributed by atoms with Crippen LogP contribution in [0.2, 0.25) is 0 Å². The molecular formula is C20H23BrN3O2+. The van der Waals surface area contributed by atoms with Crippen molar-refractivity contribution in [3.05, 3.63) is 64.1 Å². The molecule has 2 aromatic rings. The van der Waals surface area contributed by atoms with E-state index in [1.165, 1.54) is 10.5 Å². The molecule has 1 aliphatic rings. The maximum atomic E-state index is 12.3. The number of nitrogens with zero attached hydrogens (tertiary/aromatic N) is 1. The topological polar surface area (TPSA) is 66.1 Å². The van der Waals surface area contributed by atoms with E-state index in [1.807, 2.05) is 0 Å². The maximum Gasteiger partial charge on any atom is 0.243 e. The average Bonchev–Trinajstić information content (AvgIpc) is 2.66. The number of quaternary nitrogens is 1. The van der Waals surface area contributed by atoms with Gasteiger partial charge >= 0.3 is 0 Å². The number of aromatic hydroxyl groups is 1. The summed E-state index contributed by atoms with van der Waals surface area (Å²) < 4.78 is 1.10. The first-order valence-corrected chi connectivity index (χ1v) is 9.59. The normalized spacial score (nSPS) is 20.2. The van der Waals surface area contributed by atoms with Crippen LogP contribution in [0.4, 0.5) is 0 Å². The number of benzene rings is 2. The van der Waals surface area contributed by atoms with Crippen molar-refractivity contribution < 1.29 is 14.8 Å². The number of likely N-dealkylation sites (tertiary alicyclic amines) is 1. The molecule has 0 bridgehead atoms. The van der Waals surface area contributed by atoms with Crippen LogP contribution in [0.1, 0.15) is 24.0 Å². The number of carbonyl (C=O) groups is 1. The summed E-state index contributed by atoms with van der Waals surface area (Å²) in [7, 11) is 0. The Labute approximate surface area is 161 Å². The van der Waals surface area contributed by atoms with E-state index in [2.05, 4.69) is 50.7 Å². The highest BCUT2D eigenvalue weighted by atomic mass is 79.9. The zero-order valence-corrected chi connectivity index (χ0v) is 16.1. The number of hydrogen-bond acceptors (Lipinski definition) is 3. The Kier molecular flexibility index (Phi) is 6.41. The minimum Gasteiger partial charge on any atom is -0.508 e. The average molecular weight is 417 g/mol. The number of rotatable bonds is 5. The fraction of sp³-hybridized carbons (Fsp3) is 0.300. The molecule has 0 atom stereocenters. The van der Waals surface area contributed by atoms with Gasteiger partial charge in [0.05, 0.1) is 25.2 Å². The molecule has 0 aliphatic carbocycles. The second-order valence-electron chi connectivity index (χ2n) is 6.65. The summed E-state index contributed by atoms with van der Waals surface area (Å²) in [6.45, 7) is 2.99. The zero-order valence-electron chi connectivity index (χ0n) is 14.5. The van der Waals surface area contributed by atoms with Gasteiger partial charge in [-0.1, -0.05) is 28.1 Å². The van der Waals surface area contributed by atoms with Gasteiger partial charge in [-0.05, 0) is 42.0 Å². The third-order valence-corrected chi connectivity index (χ3v) is 5.24. The predicted molar refractivity (Wildman–Crippen MR) is 105 cm³/mol. The molecular weight excluding hydrogens is 394 g/mol. The van der Waals surface area contributed by atoms with Crippen LogP contribution in [0.3, 0.4) is 0 Å². The number of hydrazone groups is 1. The predicted octanol–water partition coefficient (Wildman–Crippen LogP) is 2.10. The Hall–Kier alpha value is -2.18. The molecule has 0 radical (unpaired) electrons. The van der Waals surface area contributed by atoms with Gasteiger partial charge in [0.2, 0.25) is 5.91 Å². The van der Waals surface area contributed by atoms with Crippen LogP contribution in [-0.2, 0) is 11.3 Å². The lowest BCUT2D eigenvalue weighted by Crippen LogP contribution is -3.11. The molecule has 1 amide bonds. The molecule has 3 N–H and O–H groups in total. The van der Waals surface area contributed by atoms with Crippen molar-refractivity contribution in [2.45, 2.75) is 19.4 Å². The minimum absolute atomic E-state index is 0.0114. The summed E-state index contributed by atoms with van der Waals surface area (Å²) in [6.07, 6.45) is 3.35. The van der Waals surface area contributed by atoms with Crippen LogP contribution in [0, 0.1) is 5.92 Å². The Morgan fingerprint density at radius 3 is 2.46 bits per heavy atom. The summed E-state index contributed by atoms with van der Waals surface area (Å²) in [5.41, 5.74) is 4.79. The first kappa shape index (κ1) is 18.6. The molecule has 0 unspecified atom stereocenters. The summed E-state index contributed by atoms with van der Waals surface area (Å²) in [4.78, 5) is 13.8. The number of amides is 1. The number of phenolic OH excluding ortho intramolecular Hbond substituents is 1. The highest BCUT2D eigenvalue weighted by molar-refractivity contribution is 9.10. The molecule has 0 saturated carbocycles. The molecule has 3 rings (SSSR count). The van der Waals surface area contributed by atoms with Gasteiger partial charge < -0.3 is 10.0 Å². The van der Waals surface area contributed by atoms with E-state index < -0.39 is 0 Å². The third-order valence-electron chi connectivity index (χ3n) is 4.71. The molecule has 1 saturated heterocycles. The van der Waals surface area contributed by atoms with Crippen molar-refractivity contribution >= 4 is 28.1 Å². The van der Waals surface area contributed by atoms with Crippen molar-refractivity contribution in [1.82, 2.24) is 5.43 Å². The lowest BCUT2D eigenvalue weighted by Gasteiger charge is -2.28. The maximum absolute atomic E-state index is 12.3. The fourth-order valence-electron chi connectivity index (χ4n) is 3.18. The van der Waals surface area contributed by atoms with Gasteiger partial charge in [-0.3, -0.25) is 4.79 Å². The van der Waals surface area contributed by atoms with E-state index in [1.54, 1.807) is 30.5 Å². The largest absolute Gasteiger partial charge is 0.508 e. The first-order valence-electron chi connectivity index (χ1n) is 8.80. The number of halogens is 1. The fourth-order valence-corrected chi connectivity index (χ4v) is 3.44. The van der Waals surface area contributed by atoms with Gasteiger partial charge in [-0.15, -0.1) is 0 Å². The Morgan fingerprint density at radius 1 is 1.15 bits per heavy atom. The molecule has 2 aromatic carbocycles. The van der Waals surface area contributed by atoms with Crippen LogP contribution in [-0.4, -0.2) is 30.3 Å². The SMILES string of the molecule is O=C(N/N=C/c1ccc(O)cc1)C1CC[NH+](Cc2ccc(Br)cc2)CC1. The van der Waals surface area contributed by atoms with Gasteiger partial charge in [-0.25, -0.2) is 5.43 Å². The highest BCUT2D eigenvalue weighted by Gasteiger charge is 2.27. The van der Waals surface area contributed by atoms with Crippen molar-refractivity contribution in [1.29, 1.82) is 0 Å². The molecule has 136 valence electrons. The highest BCUT2D eigenvalue weighted by Crippen LogP contribution is 2.12. The quantitative estimate of drug-likeness (QED) is 0.516. The molecule has 6 heteroatoms. The van der Waals surface area contributed by atoms with E-state index in [-0.39, 0.29) is 17.6 Å². The summed E-state index contributed by atoms with van der Waals surface area (Å²) in [5, 5.41) is 13.3. The minimum atomic E-state index is -0.0114. The molecule has 1 heterocycles. The van der Waals surface area contributed by atoms with Gasteiger partial charge in [0, 0.05) is 22.9 Å². The molecule has 0 aromatic heterocycles. The first-order chi connectivity index (χ1) is 12.6. The lowest BCUT2D eigenvalue weighted by atomic mass is 9.96. The molecule has 26 heavy (non-hydrogen) atoms. The van der Waals surface area contributed by atoms with Gasteiger partial charge in [0.25, 0.3) is 0 Å². The number of carbonyl (C=O) groups excluding carboxylic acids is 1. The van der Waals surface area contributed by atoms with Crippen LogP contribution in [0.15, 0.2) is 58.1 Å². The van der Waals surface area contributed by atoms with E-state index in [0.717, 1.165) is 42.5 Å². The van der Waals surface area contributed by atoms with Crippen LogP contribution in [0.5, 0.6) is 5.75 Å². The van der Waals surface area contributed by atoms with E-state index in [4.69, 9.17) is 0 Å². The summed E-state index contributed by atoms with van der Waals surface area (Å²) in [6, 6.07) is 15.1. The number of phenols is 1. The third kappa shape index (κ3) is 5.41. The summed E-state index contributed by atoms with van der Waals surface area (Å²) >= 11 is 3.46. The van der Waals surface area contributed by atoms with Crippen molar-refractivity contribution in [3.8, 4) is 5.75 Å². The molecule has 1 aliphatic heterocycles. The second-order valence-corrected chi connectivity index (χ2v) is 7.57. The smallest absolute Gasteiger partial charge is 0.243 e. The van der Waals surface area contributed by atoms with E-state index in [9.17, 15) is 9.90 Å². The van der Waals surface area contributed by atoms with E-state index in [0.29, 0.717) is 0 Å². The Morgan fingerprint density at radius 2 is 1.81 bits per heavy atom. The van der Waals surface area contributed by atoms with Crippen LogP contribution >= 0.6 is 15.9 Å². The zero-order chi connectivity index (χ0) is 18.4. The monoisotopic (exact) mass is 416 g/mol. The Balaban J connectivity index is 1.43. The Bertz CT molecular complexity index is 752. The molecule has 0 spiro atoms. The van der Waals surface area contributed by atoms with E-state index >= 15 is 0 Å². The van der Waals surface area contributed by atoms with Crippen molar-refractivity contribution in [2.24, 2.45) is 11.0 Å². The van der Waals surface area contributed by atoms with Crippen molar-refractivity contribution in [2.75, 3.05) is 13.1 Å². The lowest BCUT2D eigenvalue weighted by molar-refractivity contribution is -0.919. The molecule has 1 fully saturated rings. The van der Waals surface area contributed by atoms with Crippen LogP contribution < -0.4 is 10.3 Å². The number of hydrogen-bond donors (Lipinski definition) is 3. The number of piperidine rings is 1. The van der Waals surface area contributed by atoms with Gasteiger partial charge in [0.1, 0.15) is 12.3 Å². The van der Waals surface area contributed by atoms with Crippen LogP contribution in [0.25, 0.3) is 0 Å². The second kappa shape index (κ2) is 8.96. The molecule has 5 nitrogen and oxygen atoms in total. The van der Waals surface area contributed by atoms with Gasteiger partial charge in [0.15, 0.2) is 0 Å². The van der Waals surface area contributed by atoms with Gasteiger partial charge in [-0.2, -0.15) is 5.10 Å². The summed E-state index contributed by atoms with van der Waals surface area (Å²) in [5.74, 6) is 0.229.